The summed E-state index contributed by atoms with van der Waals surface area (Å²) in [6, 6.07) is 4.51. The number of aryl methyl sites for hydroxylation is 1. The van der Waals surface area contributed by atoms with Crippen LogP contribution in [-0.4, -0.2) is 12.1 Å². The minimum atomic E-state index is -0.532. The van der Waals surface area contributed by atoms with Gasteiger partial charge in [-0.05, 0) is 50.7 Å². The molecule has 1 aliphatic rings. The Morgan fingerprint density at radius 3 is 2.61 bits per heavy atom. The quantitative estimate of drug-likeness (QED) is 0.745. The molecule has 18 heavy (non-hydrogen) atoms. The molecule has 1 aromatic carbocycles. The fraction of sp³-hybridized carbons (Fsp3) is 0.533. The fourth-order valence-electron chi connectivity index (χ4n) is 2.36. The Bertz CT molecular complexity index is 434. The van der Waals surface area contributed by atoms with Gasteiger partial charge in [0, 0.05) is 0 Å². The first-order valence-corrected chi connectivity index (χ1v) is 6.53. The van der Waals surface area contributed by atoms with E-state index in [2.05, 4.69) is 6.92 Å². The van der Waals surface area contributed by atoms with Crippen molar-refractivity contribution in [1.29, 1.82) is 0 Å². The summed E-state index contributed by atoms with van der Waals surface area (Å²) in [4.78, 5) is 11.9. The van der Waals surface area contributed by atoms with Crippen molar-refractivity contribution in [2.45, 2.75) is 45.6 Å². The largest absolute Gasteiger partial charge is 0.459 e. The number of carbonyl (C=O) groups is 1. The second kappa shape index (κ2) is 5.51. The zero-order chi connectivity index (χ0) is 13.1. The molecule has 1 fully saturated rings. The molecule has 0 bridgehead atoms. The van der Waals surface area contributed by atoms with Gasteiger partial charge in [-0.1, -0.05) is 18.6 Å². The highest BCUT2D eigenvalue weighted by Crippen LogP contribution is 2.26. The predicted molar refractivity (Wildman–Crippen MR) is 68.0 cm³/mol. The van der Waals surface area contributed by atoms with Crippen molar-refractivity contribution in [3.05, 3.63) is 35.1 Å². The van der Waals surface area contributed by atoms with Crippen molar-refractivity contribution in [3.8, 4) is 0 Å². The number of hydrogen-bond acceptors (Lipinski definition) is 2. The lowest BCUT2D eigenvalue weighted by Crippen LogP contribution is -2.24. The Balaban J connectivity index is 2.01. The summed E-state index contributed by atoms with van der Waals surface area (Å²) in [5.41, 5.74) is 0.911. The molecule has 1 aromatic rings. The first-order chi connectivity index (χ1) is 8.56. The number of esters is 1. The number of halogens is 1. The summed E-state index contributed by atoms with van der Waals surface area (Å²) in [5.74, 6) is -0.332. The molecule has 2 nitrogen and oxygen atoms in total. The first-order valence-electron chi connectivity index (χ1n) is 6.53. The van der Waals surface area contributed by atoms with E-state index in [9.17, 15) is 9.18 Å². The summed E-state index contributed by atoms with van der Waals surface area (Å²) in [7, 11) is 0. The number of carbonyl (C=O) groups excluding carboxylic acids is 1. The second-order valence-electron chi connectivity index (χ2n) is 5.27. The van der Waals surface area contributed by atoms with Crippen LogP contribution < -0.4 is 0 Å². The van der Waals surface area contributed by atoms with Crippen molar-refractivity contribution in [3.63, 3.8) is 0 Å². The van der Waals surface area contributed by atoms with Crippen LogP contribution in [0.1, 0.15) is 48.5 Å². The molecule has 0 heterocycles. The summed E-state index contributed by atoms with van der Waals surface area (Å²) >= 11 is 0. The maximum absolute atomic E-state index is 13.5. The van der Waals surface area contributed by atoms with Gasteiger partial charge in [0.15, 0.2) is 0 Å². The molecule has 0 aliphatic heterocycles. The molecule has 0 N–H and O–H groups in total. The van der Waals surface area contributed by atoms with Crippen LogP contribution in [0.2, 0.25) is 0 Å². The lowest BCUT2D eigenvalue weighted by Gasteiger charge is -2.26. The van der Waals surface area contributed by atoms with E-state index in [1.807, 2.05) is 6.92 Å². The highest BCUT2D eigenvalue weighted by atomic mass is 19.1. The average Bonchev–Trinajstić information content (AvgIpc) is 2.35. The molecule has 1 aliphatic carbocycles. The molecule has 0 saturated heterocycles. The van der Waals surface area contributed by atoms with E-state index < -0.39 is 11.8 Å². The Morgan fingerprint density at radius 2 is 1.94 bits per heavy atom. The van der Waals surface area contributed by atoms with Crippen LogP contribution in [0.5, 0.6) is 0 Å². The number of rotatable bonds is 2. The third kappa shape index (κ3) is 3.09. The molecule has 0 atom stereocenters. The van der Waals surface area contributed by atoms with Gasteiger partial charge in [0.2, 0.25) is 0 Å². The van der Waals surface area contributed by atoms with Gasteiger partial charge in [0.25, 0.3) is 0 Å². The Hall–Kier alpha value is -1.38. The summed E-state index contributed by atoms with van der Waals surface area (Å²) < 4.78 is 18.9. The number of benzene rings is 1. The minimum absolute atomic E-state index is 0.0476. The van der Waals surface area contributed by atoms with Crippen molar-refractivity contribution < 1.29 is 13.9 Å². The van der Waals surface area contributed by atoms with Gasteiger partial charge < -0.3 is 4.74 Å². The SMILES string of the molecule is Cc1ccc(F)c(C(=O)OC2CCC(C)CC2)c1. The standard InChI is InChI=1S/C15H19FO2/c1-10-3-6-12(7-4-10)18-15(17)13-9-11(2)5-8-14(13)16/h5,8-10,12H,3-4,6-7H2,1-2H3. The van der Waals surface area contributed by atoms with Crippen LogP contribution >= 0.6 is 0 Å². The van der Waals surface area contributed by atoms with Gasteiger partial charge in [0.05, 0.1) is 5.56 Å². The van der Waals surface area contributed by atoms with E-state index in [-0.39, 0.29) is 11.7 Å². The van der Waals surface area contributed by atoms with Crippen LogP contribution in [0.3, 0.4) is 0 Å². The van der Waals surface area contributed by atoms with Gasteiger partial charge in [0.1, 0.15) is 11.9 Å². The van der Waals surface area contributed by atoms with Gasteiger partial charge in [-0.15, -0.1) is 0 Å². The number of ether oxygens (including phenoxy) is 1. The highest BCUT2D eigenvalue weighted by molar-refractivity contribution is 5.90. The third-order valence-corrected chi connectivity index (χ3v) is 3.58. The van der Waals surface area contributed by atoms with Crippen LogP contribution in [0.15, 0.2) is 18.2 Å². The van der Waals surface area contributed by atoms with E-state index in [4.69, 9.17) is 4.74 Å². The Labute approximate surface area is 107 Å². The molecule has 3 heteroatoms. The second-order valence-corrected chi connectivity index (χ2v) is 5.27. The molecule has 2 rings (SSSR count). The van der Waals surface area contributed by atoms with Gasteiger partial charge in [-0.3, -0.25) is 0 Å². The van der Waals surface area contributed by atoms with Crippen LogP contribution in [-0.2, 0) is 4.74 Å². The fourth-order valence-corrected chi connectivity index (χ4v) is 2.36. The van der Waals surface area contributed by atoms with Gasteiger partial charge >= 0.3 is 5.97 Å². The van der Waals surface area contributed by atoms with Crippen molar-refractivity contribution in [2.24, 2.45) is 5.92 Å². The Kier molecular flexibility index (Phi) is 4.00. The molecular formula is C15H19FO2. The number of hydrogen-bond donors (Lipinski definition) is 0. The maximum atomic E-state index is 13.5. The molecule has 0 aromatic heterocycles. The van der Waals surface area contributed by atoms with E-state index >= 15 is 0 Å². The molecular weight excluding hydrogens is 231 g/mol. The van der Waals surface area contributed by atoms with Crippen molar-refractivity contribution >= 4 is 5.97 Å². The predicted octanol–water partition coefficient (Wildman–Crippen LogP) is 3.87. The van der Waals surface area contributed by atoms with Gasteiger partial charge in [-0.25, -0.2) is 9.18 Å². The monoisotopic (exact) mass is 250 g/mol. The summed E-state index contributed by atoms with van der Waals surface area (Å²) in [5, 5.41) is 0. The van der Waals surface area contributed by atoms with Crippen molar-refractivity contribution in [1.82, 2.24) is 0 Å². The molecule has 0 amide bonds. The normalized spacial score (nSPS) is 23.7. The minimum Gasteiger partial charge on any atom is -0.459 e. The zero-order valence-electron chi connectivity index (χ0n) is 10.9. The summed E-state index contributed by atoms with van der Waals surface area (Å²) in [6.07, 6.45) is 3.89. The van der Waals surface area contributed by atoms with Gasteiger partial charge in [-0.2, -0.15) is 0 Å². The summed E-state index contributed by atoms with van der Waals surface area (Å²) in [6.45, 7) is 4.04. The van der Waals surface area contributed by atoms with Crippen LogP contribution in [0.25, 0.3) is 0 Å². The average molecular weight is 250 g/mol. The van der Waals surface area contributed by atoms with Crippen LogP contribution in [0.4, 0.5) is 4.39 Å². The van der Waals surface area contributed by atoms with E-state index in [0.29, 0.717) is 5.92 Å². The highest BCUT2D eigenvalue weighted by Gasteiger charge is 2.23. The van der Waals surface area contributed by atoms with E-state index in [1.54, 1.807) is 12.1 Å². The molecule has 0 spiro atoms. The lowest BCUT2D eigenvalue weighted by atomic mass is 9.89. The smallest absolute Gasteiger partial charge is 0.341 e. The third-order valence-electron chi connectivity index (χ3n) is 3.58. The molecule has 1 saturated carbocycles. The topological polar surface area (TPSA) is 26.3 Å². The van der Waals surface area contributed by atoms with E-state index in [0.717, 1.165) is 31.2 Å². The molecule has 0 unspecified atom stereocenters. The van der Waals surface area contributed by atoms with E-state index in [1.165, 1.54) is 6.07 Å². The first kappa shape index (κ1) is 13.1. The molecule has 98 valence electrons. The maximum Gasteiger partial charge on any atom is 0.341 e. The molecule has 0 radical (unpaired) electrons. The Morgan fingerprint density at radius 1 is 1.28 bits per heavy atom. The van der Waals surface area contributed by atoms with Crippen LogP contribution in [0, 0.1) is 18.7 Å². The zero-order valence-corrected chi connectivity index (χ0v) is 10.9. The van der Waals surface area contributed by atoms with Crippen molar-refractivity contribution in [2.75, 3.05) is 0 Å². The lowest BCUT2D eigenvalue weighted by molar-refractivity contribution is 0.0169.